The van der Waals surface area contributed by atoms with Crippen molar-refractivity contribution in [3.05, 3.63) is 120 Å². The first-order chi connectivity index (χ1) is 23.8. The Balaban J connectivity index is 1.41. The number of rotatable bonds is 12. The molecule has 1 atom stereocenters. The van der Waals surface area contributed by atoms with Gasteiger partial charge in [0.1, 0.15) is 25.8 Å². The largest absolute Gasteiger partial charge is 0.486 e. The van der Waals surface area contributed by atoms with Crippen LogP contribution in [0.2, 0.25) is 0 Å². The van der Waals surface area contributed by atoms with E-state index in [2.05, 4.69) is 5.32 Å². The van der Waals surface area contributed by atoms with Crippen LogP contribution < -0.4 is 19.1 Å². The minimum atomic E-state index is -4.23. The summed E-state index contributed by atoms with van der Waals surface area (Å²) in [6.07, 6.45) is 5.28. The molecule has 1 saturated carbocycles. The molecule has 0 unspecified atom stereocenters. The third-order valence-corrected chi connectivity index (χ3v) is 11.0. The van der Waals surface area contributed by atoms with Crippen LogP contribution in [0.25, 0.3) is 0 Å². The van der Waals surface area contributed by atoms with Crippen molar-refractivity contribution >= 4 is 27.5 Å². The number of nitrogens with zero attached hydrogens (tertiary/aromatic N) is 2. The topological polar surface area (TPSA) is 105 Å². The van der Waals surface area contributed by atoms with Gasteiger partial charge in [-0.25, -0.2) is 8.42 Å². The zero-order valence-corrected chi connectivity index (χ0v) is 28.6. The monoisotopic (exact) mass is 681 g/mol. The van der Waals surface area contributed by atoms with E-state index in [0.717, 1.165) is 53.1 Å². The van der Waals surface area contributed by atoms with E-state index in [-0.39, 0.29) is 35.5 Å². The minimum Gasteiger partial charge on any atom is -0.486 e. The van der Waals surface area contributed by atoms with Gasteiger partial charge in [-0.1, -0.05) is 92.1 Å². The van der Waals surface area contributed by atoms with Crippen LogP contribution in [0.5, 0.6) is 11.5 Å². The molecule has 4 aromatic rings. The Morgan fingerprint density at radius 1 is 0.816 bits per heavy atom. The Labute approximate surface area is 288 Å². The SMILES string of the molecule is Cc1ccccc1CN(C(=O)CN(c1ccc2c(c1)OCCO2)S(=O)(=O)c1ccccc1)[C@H](Cc1ccccc1)C(=O)NC1CCCCC1. The van der Waals surface area contributed by atoms with E-state index in [4.69, 9.17) is 9.47 Å². The van der Waals surface area contributed by atoms with Gasteiger partial charge in [-0.3, -0.25) is 13.9 Å². The van der Waals surface area contributed by atoms with Crippen LogP contribution in [-0.4, -0.2) is 57.0 Å². The summed E-state index contributed by atoms with van der Waals surface area (Å²) in [6.45, 7) is 2.26. The summed E-state index contributed by atoms with van der Waals surface area (Å²) in [5.41, 5.74) is 2.99. The van der Waals surface area contributed by atoms with Gasteiger partial charge >= 0.3 is 0 Å². The van der Waals surface area contributed by atoms with Crippen molar-refractivity contribution in [2.45, 2.75) is 69.0 Å². The molecular formula is C39H43N3O6S. The third kappa shape index (κ3) is 8.25. The lowest BCUT2D eigenvalue weighted by Gasteiger charge is -2.35. The average Bonchev–Trinajstić information content (AvgIpc) is 3.13. The fourth-order valence-corrected chi connectivity index (χ4v) is 7.93. The Morgan fingerprint density at radius 2 is 1.47 bits per heavy atom. The molecule has 0 spiro atoms. The predicted octanol–water partition coefficient (Wildman–Crippen LogP) is 6.05. The maximum absolute atomic E-state index is 14.8. The minimum absolute atomic E-state index is 0.0302. The lowest BCUT2D eigenvalue weighted by Crippen LogP contribution is -2.55. The van der Waals surface area contributed by atoms with Crippen molar-refractivity contribution in [1.29, 1.82) is 0 Å². The molecular weight excluding hydrogens is 639 g/mol. The van der Waals surface area contributed by atoms with Crippen molar-refractivity contribution in [1.82, 2.24) is 10.2 Å². The van der Waals surface area contributed by atoms with Gasteiger partial charge in [0.2, 0.25) is 11.8 Å². The van der Waals surface area contributed by atoms with Gasteiger partial charge in [0.05, 0.1) is 10.6 Å². The van der Waals surface area contributed by atoms with Crippen molar-refractivity contribution in [3.8, 4) is 11.5 Å². The molecule has 2 aliphatic rings. The van der Waals surface area contributed by atoms with E-state index in [0.29, 0.717) is 24.7 Å². The van der Waals surface area contributed by atoms with Gasteiger partial charge < -0.3 is 19.7 Å². The quantitative estimate of drug-likeness (QED) is 0.195. The number of carbonyl (C=O) groups excluding carboxylic acids is 2. The fourth-order valence-electron chi connectivity index (χ4n) is 6.50. The van der Waals surface area contributed by atoms with E-state index >= 15 is 0 Å². The van der Waals surface area contributed by atoms with Gasteiger partial charge in [-0.05, 0) is 60.7 Å². The molecule has 0 aromatic heterocycles. The predicted molar refractivity (Wildman–Crippen MR) is 189 cm³/mol. The number of aryl methyl sites for hydroxylation is 1. The van der Waals surface area contributed by atoms with Crippen molar-refractivity contribution in [3.63, 3.8) is 0 Å². The summed E-state index contributed by atoms with van der Waals surface area (Å²) < 4.78 is 41.2. The summed E-state index contributed by atoms with van der Waals surface area (Å²) in [5, 5.41) is 3.26. The highest BCUT2D eigenvalue weighted by Gasteiger charge is 2.36. The first kappa shape index (κ1) is 34.0. The number of sulfonamides is 1. The summed E-state index contributed by atoms with van der Waals surface area (Å²) >= 11 is 0. The number of carbonyl (C=O) groups is 2. The molecule has 0 radical (unpaired) electrons. The molecule has 1 aliphatic carbocycles. The number of ether oxygens (including phenoxy) is 2. The van der Waals surface area contributed by atoms with Crippen LogP contribution in [0.4, 0.5) is 5.69 Å². The molecule has 0 saturated heterocycles. The maximum atomic E-state index is 14.8. The second-order valence-corrected chi connectivity index (χ2v) is 14.5. The summed E-state index contributed by atoms with van der Waals surface area (Å²) in [6, 6.07) is 29.4. The Morgan fingerprint density at radius 3 is 2.18 bits per heavy atom. The smallest absolute Gasteiger partial charge is 0.264 e. The van der Waals surface area contributed by atoms with Gasteiger partial charge in [0.25, 0.3) is 10.0 Å². The van der Waals surface area contributed by atoms with Crippen LogP contribution in [0.1, 0.15) is 48.8 Å². The van der Waals surface area contributed by atoms with Gasteiger partial charge in [-0.2, -0.15) is 0 Å². The number of nitrogens with one attached hydrogen (secondary N) is 1. The van der Waals surface area contributed by atoms with Crippen molar-refractivity contribution in [2.24, 2.45) is 0 Å². The molecule has 1 fully saturated rings. The van der Waals surface area contributed by atoms with Crippen molar-refractivity contribution in [2.75, 3.05) is 24.1 Å². The number of benzene rings is 4. The molecule has 9 nitrogen and oxygen atoms in total. The van der Waals surface area contributed by atoms with E-state index in [1.54, 1.807) is 41.3 Å². The summed E-state index contributed by atoms with van der Waals surface area (Å²) in [7, 11) is -4.23. The second-order valence-electron chi connectivity index (χ2n) is 12.6. The Kier molecular flexibility index (Phi) is 10.8. The highest BCUT2D eigenvalue weighted by atomic mass is 32.2. The lowest BCUT2D eigenvalue weighted by molar-refractivity contribution is -0.140. The Bertz CT molecular complexity index is 1850. The van der Waals surface area contributed by atoms with Crippen LogP contribution in [0.3, 0.4) is 0 Å². The normalized spacial score (nSPS) is 15.2. The molecule has 1 aliphatic heterocycles. The van der Waals surface area contributed by atoms with Crippen LogP contribution in [0, 0.1) is 6.92 Å². The molecule has 10 heteroatoms. The van der Waals surface area contributed by atoms with E-state index in [1.807, 2.05) is 61.5 Å². The van der Waals surface area contributed by atoms with Gasteiger partial charge in [0, 0.05) is 25.1 Å². The highest BCUT2D eigenvalue weighted by molar-refractivity contribution is 7.92. The fraction of sp³-hybridized carbons (Fsp3) is 0.333. The zero-order chi connectivity index (χ0) is 34.2. The van der Waals surface area contributed by atoms with Crippen LogP contribution in [0.15, 0.2) is 108 Å². The second kappa shape index (κ2) is 15.6. The molecule has 1 heterocycles. The lowest BCUT2D eigenvalue weighted by atomic mass is 9.94. The van der Waals surface area contributed by atoms with Crippen molar-refractivity contribution < 1.29 is 27.5 Å². The molecule has 6 rings (SSSR count). The average molecular weight is 682 g/mol. The molecule has 2 amide bonds. The summed E-state index contributed by atoms with van der Waals surface area (Å²) in [4.78, 5) is 30.7. The molecule has 4 aromatic carbocycles. The zero-order valence-electron chi connectivity index (χ0n) is 27.8. The van der Waals surface area contributed by atoms with Crippen LogP contribution >= 0.6 is 0 Å². The molecule has 1 N–H and O–H groups in total. The maximum Gasteiger partial charge on any atom is 0.264 e. The van der Waals surface area contributed by atoms with E-state index in [1.165, 1.54) is 12.1 Å². The van der Waals surface area contributed by atoms with E-state index < -0.39 is 28.5 Å². The molecule has 0 bridgehead atoms. The van der Waals surface area contributed by atoms with Gasteiger partial charge in [-0.15, -0.1) is 0 Å². The number of anilines is 1. The number of hydrogen-bond donors (Lipinski definition) is 1. The summed E-state index contributed by atoms with van der Waals surface area (Å²) in [5.74, 6) is 0.156. The van der Waals surface area contributed by atoms with Crippen LogP contribution in [-0.2, 0) is 32.6 Å². The number of amides is 2. The molecule has 256 valence electrons. The highest BCUT2D eigenvalue weighted by Crippen LogP contribution is 2.36. The number of fused-ring (bicyclic) bond motifs is 1. The number of hydrogen-bond acceptors (Lipinski definition) is 6. The first-order valence-electron chi connectivity index (χ1n) is 17.0. The Hall–Kier alpha value is -4.83. The standard InChI is InChI=1S/C39H43N3O6S/c1-29-13-11-12-16-31(29)27-41(35(25-30-14-5-2-6-15-30)39(44)40-32-17-7-3-8-18-32)38(43)28-42(49(45,46)34-19-9-4-10-20-34)33-21-22-36-37(26-33)48-24-23-47-36/h2,4-6,9-16,19-22,26,32,35H,3,7-8,17-18,23-25,27-28H2,1H3,(H,40,44)/t35-/m1/s1. The van der Waals surface area contributed by atoms with Gasteiger partial charge in [0.15, 0.2) is 11.5 Å². The molecule has 49 heavy (non-hydrogen) atoms. The van der Waals surface area contributed by atoms with E-state index in [9.17, 15) is 18.0 Å². The third-order valence-electron chi connectivity index (χ3n) is 9.25. The first-order valence-corrected chi connectivity index (χ1v) is 18.4.